The van der Waals surface area contributed by atoms with E-state index in [-0.39, 0.29) is 11.6 Å². The van der Waals surface area contributed by atoms with E-state index in [2.05, 4.69) is 17.2 Å². The van der Waals surface area contributed by atoms with Crippen molar-refractivity contribution < 1.29 is 9.90 Å². The Hall–Kier alpha value is -1.39. The molecule has 5 nitrogen and oxygen atoms in total. The Kier molecular flexibility index (Phi) is 3.68. The molecule has 1 aromatic heterocycles. The molecule has 1 aromatic rings. The number of carbonyl (C=O) groups is 1. The monoisotopic (exact) mass is 251 g/mol. The van der Waals surface area contributed by atoms with Gasteiger partial charge in [0.2, 0.25) is 0 Å². The van der Waals surface area contributed by atoms with Gasteiger partial charge in [-0.15, -0.1) is 5.10 Å². The molecule has 0 saturated heterocycles. The van der Waals surface area contributed by atoms with Crippen molar-refractivity contribution in [2.75, 3.05) is 0 Å². The summed E-state index contributed by atoms with van der Waals surface area (Å²) in [5.41, 5.74) is 0.880. The molecule has 0 unspecified atom stereocenters. The molecule has 1 N–H and O–H groups in total. The standard InChI is InChI=1S/C13H21N3O2/c1-8(2)12-11(13(17)18)14-15-16(12)10-6-4-9(3)5-7-10/h8-10H,4-7H2,1-3H3,(H,17,18). The van der Waals surface area contributed by atoms with Crippen molar-refractivity contribution in [3.8, 4) is 0 Å². The van der Waals surface area contributed by atoms with Crippen LogP contribution in [0.4, 0.5) is 0 Å². The quantitative estimate of drug-likeness (QED) is 0.896. The van der Waals surface area contributed by atoms with Crippen molar-refractivity contribution in [3.05, 3.63) is 11.4 Å². The zero-order valence-electron chi connectivity index (χ0n) is 11.3. The lowest BCUT2D eigenvalue weighted by Gasteiger charge is -2.27. The van der Waals surface area contributed by atoms with Gasteiger partial charge in [0.05, 0.1) is 11.7 Å². The van der Waals surface area contributed by atoms with Gasteiger partial charge in [0.25, 0.3) is 0 Å². The molecule has 0 aromatic carbocycles. The van der Waals surface area contributed by atoms with E-state index in [9.17, 15) is 4.79 Å². The first-order chi connectivity index (χ1) is 8.50. The molecular formula is C13H21N3O2. The highest BCUT2D eigenvalue weighted by molar-refractivity contribution is 5.86. The fourth-order valence-corrected chi connectivity index (χ4v) is 2.75. The molecule has 2 rings (SSSR count). The van der Waals surface area contributed by atoms with E-state index in [1.807, 2.05) is 18.5 Å². The third kappa shape index (κ3) is 2.40. The van der Waals surface area contributed by atoms with Gasteiger partial charge in [-0.25, -0.2) is 9.48 Å². The highest BCUT2D eigenvalue weighted by Crippen LogP contribution is 2.33. The number of hydrogen-bond acceptors (Lipinski definition) is 3. The zero-order valence-corrected chi connectivity index (χ0v) is 11.3. The van der Waals surface area contributed by atoms with E-state index in [0.717, 1.165) is 24.5 Å². The summed E-state index contributed by atoms with van der Waals surface area (Å²) >= 11 is 0. The lowest BCUT2D eigenvalue weighted by molar-refractivity contribution is 0.0688. The molecule has 5 heteroatoms. The second-order valence-electron chi connectivity index (χ2n) is 5.64. The van der Waals surface area contributed by atoms with Crippen LogP contribution in [0.2, 0.25) is 0 Å². The van der Waals surface area contributed by atoms with E-state index < -0.39 is 5.97 Å². The van der Waals surface area contributed by atoms with Gasteiger partial charge in [-0.2, -0.15) is 0 Å². The van der Waals surface area contributed by atoms with Crippen LogP contribution in [0.1, 0.15) is 74.6 Å². The lowest BCUT2D eigenvalue weighted by atomic mass is 9.87. The summed E-state index contributed by atoms with van der Waals surface area (Å²) < 4.78 is 1.86. The van der Waals surface area contributed by atoms with Gasteiger partial charge in [-0.05, 0) is 37.5 Å². The number of rotatable bonds is 3. The number of carboxylic acids is 1. The highest BCUT2D eigenvalue weighted by atomic mass is 16.4. The lowest BCUT2D eigenvalue weighted by Crippen LogP contribution is -2.20. The number of aromatic carboxylic acids is 1. The number of hydrogen-bond donors (Lipinski definition) is 1. The van der Waals surface area contributed by atoms with Crippen LogP contribution < -0.4 is 0 Å². The molecule has 1 heterocycles. The van der Waals surface area contributed by atoms with Crippen molar-refractivity contribution in [3.63, 3.8) is 0 Å². The number of nitrogens with zero attached hydrogens (tertiary/aromatic N) is 3. The van der Waals surface area contributed by atoms with Gasteiger partial charge < -0.3 is 5.11 Å². The average molecular weight is 251 g/mol. The third-order valence-corrected chi connectivity index (χ3v) is 3.81. The van der Waals surface area contributed by atoms with Crippen molar-refractivity contribution in [2.45, 2.75) is 58.4 Å². The zero-order chi connectivity index (χ0) is 13.3. The summed E-state index contributed by atoms with van der Waals surface area (Å²) in [6, 6.07) is 0.319. The second kappa shape index (κ2) is 5.08. The Morgan fingerprint density at radius 2 is 1.94 bits per heavy atom. The Balaban J connectivity index is 2.30. The molecule has 18 heavy (non-hydrogen) atoms. The SMILES string of the molecule is CC1CCC(n2nnc(C(=O)O)c2C(C)C)CC1. The number of carboxylic acid groups (broad SMARTS) is 1. The van der Waals surface area contributed by atoms with Crippen LogP contribution >= 0.6 is 0 Å². The maximum Gasteiger partial charge on any atom is 0.358 e. The van der Waals surface area contributed by atoms with E-state index in [1.165, 1.54) is 12.8 Å². The van der Waals surface area contributed by atoms with E-state index >= 15 is 0 Å². The average Bonchev–Trinajstić information content (AvgIpc) is 2.74. The van der Waals surface area contributed by atoms with Crippen molar-refractivity contribution in [1.29, 1.82) is 0 Å². The van der Waals surface area contributed by atoms with E-state index in [1.54, 1.807) is 0 Å². The summed E-state index contributed by atoms with van der Waals surface area (Å²) in [6.07, 6.45) is 4.52. The summed E-state index contributed by atoms with van der Waals surface area (Å²) in [7, 11) is 0. The highest BCUT2D eigenvalue weighted by Gasteiger charge is 2.27. The van der Waals surface area contributed by atoms with E-state index in [4.69, 9.17) is 5.11 Å². The third-order valence-electron chi connectivity index (χ3n) is 3.81. The predicted molar refractivity (Wildman–Crippen MR) is 67.7 cm³/mol. The molecule has 0 amide bonds. The minimum Gasteiger partial charge on any atom is -0.476 e. The van der Waals surface area contributed by atoms with E-state index in [0.29, 0.717) is 6.04 Å². The largest absolute Gasteiger partial charge is 0.476 e. The predicted octanol–water partition coefficient (Wildman–Crippen LogP) is 2.85. The minimum atomic E-state index is -0.978. The molecule has 0 spiro atoms. The van der Waals surface area contributed by atoms with Gasteiger partial charge in [0.1, 0.15) is 0 Å². The Morgan fingerprint density at radius 3 is 2.44 bits per heavy atom. The van der Waals surface area contributed by atoms with Crippen LogP contribution in [0.3, 0.4) is 0 Å². The molecule has 1 aliphatic carbocycles. The fourth-order valence-electron chi connectivity index (χ4n) is 2.75. The number of aromatic nitrogens is 3. The Bertz CT molecular complexity index is 431. The molecule has 0 bridgehead atoms. The Labute approximate surface area is 107 Å². The molecule has 0 aliphatic heterocycles. The first-order valence-electron chi connectivity index (χ1n) is 6.69. The maximum atomic E-state index is 11.2. The minimum absolute atomic E-state index is 0.114. The molecule has 1 aliphatic rings. The second-order valence-corrected chi connectivity index (χ2v) is 5.64. The van der Waals surface area contributed by atoms with Gasteiger partial charge in [-0.1, -0.05) is 26.0 Å². The summed E-state index contributed by atoms with van der Waals surface area (Å²) in [5, 5.41) is 17.1. The molecule has 0 atom stereocenters. The summed E-state index contributed by atoms with van der Waals surface area (Å²) in [4.78, 5) is 11.2. The van der Waals surface area contributed by atoms with Crippen LogP contribution in [-0.4, -0.2) is 26.1 Å². The molecular weight excluding hydrogens is 230 g/mol. The van der Waals surface area contributed by atoms with Crippen LogP contribution in [0.5, 0.6) is 0 Å². The molecule has 0 radical (unpaired) electrons. The summed E-state index contributed by atoms with van der Waals surface area (Å²) in [6.45, 7) is 6.25. The topological polar surface area (TPSA) is 68.0 Å². The van der Waals surface area contributed by atoms with Crippen LogP contribution in [-0.2, 0) is 0 Å². The van der Waals surface area contributed by atoms with Crippen molar-refractivity contribution in [1.82, 2.24) is 15.0 Å². The maximum absolute atomic E-state index is 11.2. The normalized spacial score (nSPS) is 24.4. The Morgan fingerprint density at radius 1 is 1.33 bits per heavy atom. The first kappa shape index (κ1) is 13.1. The van der Waals surface area contributed by atoms with Gasteiger partial charge >= 0.3 is 5.97 Å². The van der Waals surface area contributed by atoms with Crippen LogP contribution in [0.25, 0.3) is 0 Å². The smallest absolute Gasteiger partial charge is 0.358 e. The summed E-state index contributed by atoms with van der Waals surface area (Å²) in [5.74, 6) is -0.0780. The first-order valence-corrected chi connectivity index (χ1v) is 6.69. The fraction of sp³-hybridized carbons (Fsp3) is 0.769. The van der Waals surface area contributed by atoms with Crippen molar-refractivity contribution in [2.24, 2.45) is 5.92 Å². The van der Waals surface area contributed by atoms with Crippen LogP contribution in [0, 0.1) is 5.92 Å². The van der Waals surface area contributed by atoms with Gasteiger partial charge in [0, 0.05) is 0 Å². The van der Waals surface area contributed by atoms with Gasteiger partial charge in [-0.3, -0.25) is 0 Å². The van der Waals surface area contributed by atoms with Gasteiger partial charge in [0.15, 0.2) is 5.69 Å². The van der Waals surface area contributed by atoms with Crippen LogP contribution in [0.15, 0.2) is 0 Å². The molecule has 100 valence electrons. The van der Waals surface area contributed by atoms with Crippen molar-refractivity contribution >= 4 is 5.97 Å². The molecule has 1 saturated carbocycles. The molecule has 1 fully saturated rings.